The predicted octanol–water partition coefficient (Wildman–Crippen LogP) is 3.31. The van der Waals surface area contributed by atoms with Gasteiger partial charge in [-0.25, -0.2) is 9.07 Å². The van der Waals surface area contributed by atoms with E-state index in [1.807, 2.05) is 4.68 Å². The lowest BCUT2D eigenvalue weighted by Gasteiger charge is -2.11. The molecule has 0 saturated heterocycles. The third-order valence-electron chi connectivity index (χ3n) is 3.39. The number of nitrogens with zero attached hydrogens (tertiary/aromatic N) is 4. The molecule has 1 saturated carbocycles. The van der Waals surface area contributed by atoms with E-state index in [4.69, 9.17) is 17.3 Å². The highest BCUT2D eigenvalue weighted by atomic mass is 35.5. The van der Waals surface area contributed by atoms with E-state index in [-0.39, 0.29) is 5.02 Å². The summed E-state index contributed by atoms with van der Waals surface area (Å²) in [5.41, 5.74) is 6.14. The number of halogens is 2. The number of nitrogen functional groups attached to an aromatic ring is 1. The van der Waals surface area contributed by atoms with Crippen molar-refractivity contribution >= 4 is 29.1 Å². The molecular weight excluding hydrogens is 301 g/mol. The van der Waals surface area contributed by atoms with Gasteiger partial charge in [0.15, 0.2) is 0 Å². The fraction of sp³-hybridized carbons (Fsp3) is 0.417. The number of rotatable bonds is 3. The smallest absolute Gasteiger partial charge is 0.214 e. The van der Waals surface area contributed by atoms with Crippen LogP contribution in [-0.4, -0.2) is 20.2 Å². The fourth-order valence-electron chi connectivity index (χ4n) is 2.36. The summed E-state index contributed by atoms with van der Waals surface area (Å²) >= 11 is 7.10. The van der Waals surface area contributed by atoms with Crippen molar-refractivity contribution in [3.8, 4) is 0 Å². The molecule has 1 heterocycles. The first kappa shape index (κ1) is 13.6. The molecule has 0 atom stereocenters. The van der Waals surface area contributed by atoms with Crippen LogP contribution in [0.3, 0.4) is 0 Å². The van der Waals surface area contributed by atoms with Gasteiger partial charge in [-0.15, -0.1) is 5.10 Å². The average molecular weight is 314 g/mol. The van der Waals surface area contributed by atoms with Gasteiger partial charge in [0, 0.05) is 10.6 Å². The van der Waals surface area contributed by atoms with E-state index in [0.29, 0.717) is 21.8 Å². The van der Waals surface area contributed by atoms with E-state index < -0.39 is 5.82 Å². The van der Waals surface area contributed by atoms with Crippen LogP contribution in [0.4, 0.5) is 10.1 Å². The van der Waals surface area contributed by atoms with Crippen molar-refractivity contribution in [2.24, 2.45) is 0 Å². The number of anilines is 1. The first-order chi connectivity index (χ1) is 9.65. The van der Waals surface area contributed by atoms with Gasteiger partial charge in [-0.1, -0.05) is 24.4 Å². The number of tetrazole rings is 1. The van der Waals surface area contributed by atoms with Crippen LogP contribution in [0.1, 0.15) is 31.7 Å². The van der Waals surface area contributed by atoms with Crippen molar-refractivity contribution in [3.63, 3.8) is 0 Å². The number of nitrogens with two attached hydrogens (primary N) is 1. The highest BCUT2D eigenvalue weighted by Crippen LogP contribution is 2.37. The Labute approximate surface area is 124 Å². The molecule has 0 bridgehead atoms. The lowest BCUT2D eigenvalue weighted by Crippen LogP contribution is -2.08. The zero-order valence-electron chi connectivity index (χ0n) is 10.6. The molecule has 0 radical (unpaired) electrons. The van der Waals surface area contributed by atoms with Crippen LogP contribution in [0.15, 0.2) is 22.2 Å². The molecule has 20 heavy (non-hydrogen) atoms. The molecule has 106 valence electrons. The standard InChI is InChI=1S/C12H13ClFN5S/c13-8-5-11(10(15)6-9(8)14)20-12-16-17-18-19(12)7-3-1-2-4-7/h5-7H,1-4,15H2. The summed E-state index contributed by atoms with van der Waals surface area (Å²) in [6, 6.07) is 3.06. The van der Waals surface area contributed by atoms with Crippen molar-refractivity contribution in [2.75, 3.05) is 5.73 Å². The summed E-state index contributed by atoms with van der Waals surface area (Å²) in [5, 5.41) is 12.5. The molecule has 0 unspecified atom stereocenters. The molecule has 0 aliphatic heterocycles. The molecule has 5 nitrogen and oxygen atoms in total. The molecule has 0 amide bonds. The van der Waals surface area contributed by atoms with Crippen LogP contribution in [0.2, 0.25) is 5.02 Å². The first-order valence-electron chi connectivity index (χ1n) is 6.35. The molecule has 1 fully saturated rings. The van der Waals surface area contributed by atoms with E-state index in [9.17, 15) is 4.39 Å². The van der Waals surface area contributed by atoms with E-state index >= 15 is 0 Å². The quantitative estimate of drug-likeness (QED) is 0.880. The molecule has 1 aliphatic rings. The Morgan fingerprint density at radius 3 is 2.85 bits per heavy atom. The van der Waals surface area contributed by atoms with Gasteiger partial charge in [0.2, 0.25) is 5.16 Å². The molecule has 0 spiro atoms. The maximum Gasteiger partial charge on any atom is 0.214 e. The van der Waals surface area contributed by atoms with Crippen LogP contribution in [0.5, 0.6) is 0 Å². The van der Waals surface area contributed by atoms with Crippen LogP contribution in [-0.2, 0) is 0 Å². The van der Waals surface area contributed by atoms with Crippen molar-refractivity contribution in [3.05, 3.63) is 23.0 Å². The zero-order chi connectivity index (χ0) is 14.1. The van der Waals surface area contributed by atoms with Crippen LogP contribution in [0, 0.1) is 5.82 Å². The highest BCUT2D eigenvalue weighted by Gasteiger charge is 2.22. The monoisotopic (exact) mass is 313 g/mol. The molecule has 1 aromatic heterocycles. The Morgan fingerprint density at radius 2 is 2.10 bits per heavy atom. The molecule has 8 heteroatoms. The van der Waals surface area contributed by atoms with Gasteiger partial charge in [0.1, 0.15) is 5.82 Å². The van der Waals surface area contributed by atoms with Gasteiger partial charge in [-0.2, -0.15) is 0 Å². The summed E-state index contributed by atoms with van der Waals surface area (Å²) in [7, 11) is 0. The Bertz CT molecular complexity index is 626. The van der Waals surface area contributed by atoms with E-state index in [2.05, 4.69) is 15.5 Å². The number of benzene rings is 1. The van der Waals surface area contributed by atoms with Gasteiger partial charge < -0.3 is 5.73 Å². The fourth-order valence-corrected chi connectivity index (χ4v) is 3.50. The number of hydrogen-bond acceptors (Lipinski definition) is 5. The summed E-state index contributed by atoms with van der Waals surface area (Å²) in [5.74, 6) is -0.524. The predicted molar refractivity (Wildman–Crippen MR) is 75.3 cm³/mol. The third-order valence-corrected chi connectivity index (χ3v) is 4.70. The maximum atomic E-state index is 13.3. The first-order valence-corrected chi connectivity index (χ1v) is 7.55. The highest BCUT2D eigenvalue weighted by molar-refractivity contribution is 7.99. The molecule has 2 N–H and O–H groups in total. The molecule has 2 aromatic rings. The Morgan fingerprint density at radius 1 is 1.35 bits per heavy atom. The minimum atomic E-state index is -0.524. The normalized spacial score (nSPS) is 15.9. The van der Waals surface area contributed by atoms with Gasteiger partial charge in [-0.05, 0) is 47.2 Å². The summed E-state index contributed by atoms with van der Waals surface area (Å²) in [4.78, 5) is 0.658. The largest absolute Gasteiger partial charge is 0.398 e. The zero-order valence-corrected chi connectivity index (χ0v) is 12.2. The third kappa shape index (κ3) is 2.60. The maximum absolute atomic E-state index is 13.3. The Kier molecular flexibility index (Phi) is 3.80. The molecular formula is C12H13ClFN5S. The Balaban J connectivity index is 1.88. The minimum Gasteiger partial charge on any atom is -0.398 e. The second-order valence-electron chi connectivity index (χ2n) is 4.75. The van der Waals surface area contributed by atoms with Crippen LogP contribution >= 0.6 is 23.4 Å². The van der Waals surface area contributed by atoms with Crippen LogP contribution < -0.4 is 5.73 Å². The number of hydrogen-bond donors (Lipinski definition) is 1. The van der Waals surface area contributed by atoms with Crippen molar-refractivity contribution in [2.45, 2.75) is 41.8 Å². The van der Waals surface area contributed by atoms with E-state index in [1.54, 1.807) is 0 Å². The van der Waals surface area contributed by atoms with Crippen LogP contribution in [0.25, 0.3) is 0 Å². The summed E-state index contributed by atoms with van der Waals surface area (Å²) in [6.45, 7) is 0. The second-order valence-corrected chi connectivity index (χ2v) is 6.17. The SMILES string of the molecule is Nc1cc(F)c(Cl)cc1Sc1nnnn1C1CCCC1. The Hall–Kier alpha value is -1.34. The van der Waals surface area contributed by atoms with Gasteiger partial charge in [0.05, 0.1) is 11.1 Å². The summed E-state index contributed by atoms with van der Waals surface area (Å²) < 4.78 is 15.1. The molecule has 1 aliphatic carbocycles. The molecule has 3 rings (SSSR count). The van der Waals surface area contributed by atoms with Gasteiger partial charge in [-0.3, -0.25) is 0 Å². The second kappa shape index (κ2) is 5.57. The lowest BCUT2D eigenvalue weighted by molar-refractivity contribution is 0.423. The molecule has 1 aromatic carbocycles. The lowest BCUT2D eigenvalue weighted by atomic mass is 10.3. The van der Waals surface area contributed by atoms with E-state index in [0.717, 1.165) is 12.8 Å². The van der Waals surface area contributed by atoms with Crippen molar-refractivity contribution < 1.29 is 4.39 Å². The van der Waals surface area contributed by atoms with Gasteiger partial charge in [0.25, 0.3) is 0 Å². The number of aromatic nitrogens is 4. The van der Waals surface area contributed by atoms with Gasteiger partial charge >= 0.3 is 0 Å². The van der Waals surface area contributed by atoms with Crippen molar-refractivity contribution in [1.29, 1.82) is 0 Å². The topological polar surface area (TPSA) is 69.6 Å². The van der Waals surface area contributed by atoms with Crippen molar-refractivity contribution in [1.82, 2.24) is 20.2 Å². The summed E-state index contributed by atoms with van der Waals surface area (Å²) in [6.07, 6.45) is 4.55. The minimum absolute atomic E-state index is 0.0431. The average Bonchev–Trinajstić information content (AvgIpc) is 3.06. The van der Waals surface area contributed by atoms with E-state index in [1.165, 1.54) is 36.7 Å².